The Labute approximate surface area is 125 Å². The molecule has 6 heteroatoms. The van der Waals surface area contributed by atoms with Crippen LogP contribution in [0.25, 0.3) is 0 Å². The molecule has 0 radical (unpaired) electrons. The van der Waals surface area contributed by atoms with E-state index in [2.05, 4.69) is 17.6 Å². The van der Waals surface area contributed by atoms with E-state index in [1.165, 1.54) is 19.3 Å². The number of nitrogens with one attached hydrogen (secondary N) is 2. The van der Waals surface area contributed by atoms with Gasteiger partial charge in [0, 0.05) is 32.6 Å². The van der Waals surface area contributed by atoms with Gasteiger partial charge in [-0.3, -0.25) is 0 Å². The minimum absolute atomic E-state index is 0.141. The van der Waals surface area contributed by atoms with Crippen LogP contribution >= 0.6 is 0 Å². The van der Waals surface area contributed by atoms with Crippen LogP contribution in [-0.4, -0.2) is 42.4 Å². The Morgan fingerprint density at radius 2 is 1.71 bits per heavy atom. The molecular formula is C15H26N2O4. The Balaban J connectivity index is 1.86. The quantitative estimate of drug-likeness (QED) is 0.739. The molecule has 6 nitrogen and oxygen atoms in total. The monoisotopic (exact) mass is 298 g/mol. The summed E-state index contributed by atoms with van der Waals surface area (Å²) in [6, 6.07) is -0.383. The number of carboxylic acid groups (broad SMARTS) is 1. The fraction of sp³-hybridized carbons (Fsp3) is 0.867. The highest BCUT2D eigenvalue weighted by molar-refractivity contribution is 5.86. The fourth-order valence-electron chi connectivity index (χ4n) is 3.25. The van der Waals surface area contributed by atoms with Gasteiger partial charge in [0.1, 0.15) is 5.54 Å². The molecule has 0 spiro atoms. The molecule has 0 atom stereocenters. The van der Waals surface area contributed by atoms with Crippen molar-refractivity contribution < 1.29 is 19.4 Å². The predicted octanol–water partition coefficient (Wildman–Crippen LogP) is 1.89. The maximum absolute atomic E-state index is 12.1. The third kappa shape index (κ3) is 4.09. The second kappa shape index (κ2) is 6.64. The van der Waals surface area contributed by atoms with Crippen LogP contribution in [0.1, 0.15) is 51.9 Å². The summed E-state index contributed by atoms with van der Waals surface area (Å²) in [5.74, 6) is -0.982. The van der Waals surface area contributed by atoms with Crippen molar-refractivity contribution in [3.05, 3.63) is 0 Å². The predicted molar refractivity (Wildman–Crippen MR) is 78.1 cm³/mol. The van der Waals surface area contributed by atoms with E-state index >= 15 is 0 Å². The van der Waals surface area contributed by atoms with Gasteiger partial charge in [0.25, 0.3) is 0 Å². The Bertz CT molecular complexity index is 385. The molecule has 1 aliphatic carbocycles. The zero-order valence-electron chi connectivity index (χ0n) is 12.7. The van der Waals surface area contributed by atoms with Gasteiger partial charge < -0.3 is 20.5 Å². The summed E-state index contributed by atoms with van der Waals surface area (Å²) in [6.07, 6.45) is 6.53. The molecule has 2 fully saturated rings. The van der Waals surface area contributed by atoms with Crippen LogP contribution in [0.15, 0.2) is 0 Å². The summed E-state index contributed by atoms with van der Waals surface area (Å²) in [5, 5.41) is 14.9. The number of amides is 2. The number of urea groups is 1. The number of ether oxygens (including phenoxy) is 1. The summed E-state index contributed by atoms with van der Waals surface area (Å²) in [6.45, 7) is 3.52. The molecule has 0 aromatic carbocycles. The van der Waals surface area contributed by atoms with E-state index < -0.39 is 11.5 Å². The number of carboxylic acids is 1. The first-order chi connectivity index (χ1) is 9.96. The van der Waals surface area contributed by atoms with Crippen LogP contribution in [0.4, 0.5) is 4.79 Å². The lowest BCUT2D eigenvalue weighted by atomic mass is 9.76. The molecule has 21 heavy (non-hydrogen) atoms. The van der Waals surface area contributed by atoms with Gasteiger partial charge in [0.05, 0.1) is 0 Å². The van der Waals surface area contributed by atoms with Crippen molar-refractivity contribution in [1.82, 2.24) is 10.6 Å². The molecule has 1 aliphatic heterocycles. The smallest absolute Gasteiger partial charge is 0.329 e. The average Bonchev–Trinajstić information content (AvgIpc) is 2.47. The van der Waals surface area contributed by atoms with Crippen molar-refractivity contribution in [2.24, 2.45) is 5.41 Å². The van der Waals surface area contributed by atoms with E-state index in [1.807, 2.05) is 0 Å². The Morgan fingerprint density at radius 3 is 2.29 bits per heavy atom. The molecule has 0 bridgehead atoms. The van der Waals surface area contributed by atoms with Gasteiger partial charge >= 0.3 is 12.0 Å². The number of rotatable bonds is 4. The summed E-state index contributed by atoms with van der Waals surface area (Å²) >= 11 is 0. The van der Waals surface area contributed by atoms with Crippen molar-refractivity contribution in [3.63, 3.8) is 0 Å². The first-order valence-electron chi connectivity index (χ1n) is 7.83. The Kier molecular flexibility index (Phi) is 5.08. The van der Waals surface area contributed by atoms with Crippen LogP contribution in [0.2, 0.25) is 0 Å². The van der Waals surface area contributed by atoms with Crippen molar-refractivity contribution in [2.45, 2.75) is 57.4 Å². The minimum Gasteiger partial charge on any atom is -0.480 e. The molecule has 0 unspecified atom stereocenters. The molecule has 3 N–H and O–H groups in total. The van der Waals surface area contributed by atoms with Crippen LogP contribution in [0.5, 0.6) is 0 Å². The molecule has 0 aromatic heterocycles. The standard InChI is InChI=1S/C15H26N2O4/c1-14(5-3-2-4-6-14)11-16-13(20)17-15(12(18)19)7-9-21-10-8-15/h2-11H2,1H3,(H,18,19)(H2,16,17,20). The van der Waals surface area contributed by atoms with Gasteiger partial charge in [-0.2, -0.15) is 0 Å². The molecule has 120 valence electrons. The van der Waals surface area contributed by atoms with Crippen molar-refractivity contribution in [2.75, 3.05) is 19.8 Å². The topological polar surface area (TPSA) is 87.7 Å². The second-order valence-electron chi connectivity index (χ2n) is 6.68. The highest BCUT2D eigenvalue weighted by Crippen LogP contribution is 2.34. The molecule has 1 heterocycles. The fourth-order valence-corrected chi connectivity index (χ4v) is 3.25. The Hall–Kier alpha value is -1.30. The maximum Gasteiger partial charge on any atom is 0.329 e. The van der Waals surface area contributed by atoms with Crippen LogP contribution in [-0.2, 0) is 9.53 Å². The van der Waals surface area contributed by atoms with Crippen molar-refractivity contribution >= 4 is 12.0 Å². The van der Waals surface area contributed by atoms with Crippen LogP contribution in [0, 0.1) is 5.41 Å². The lowest BCUT2D eigenvalue weighted by Crippen LogP contribution is -2.60. The van der Waals surface area contributed by atoms with Crippen LogP contribution in [0.3, 0.4) is 0 Å². The molecule has 1 saturated carbocycles. The second-order valence-corrected chi connectivity index (χ2v) is 6.68. The summed E-state index contributed by atoms with van der Waals surface area (Å²) in [7, 11) is 0. The van der Waals surface area contributed by atoms with E-state index in [0.29, 0.717) is 32.6 Å². The molecule has 2 aliphatic rings. The lowest BCUT2D eigenvalue weighted by molar-refractivity contribution is -0.148. The van der Waals surface area contributed by atoms with E-state index in [9.17, 15) is 14.7 Å². The van der Waals surface area contributed by atoms with E-state index in [-0.39, 0.29) is 11.4 Å². The SMILES string of the molecule is CC1(CNC(=O)NC2(C(=O)O)CCOCC2)CCCCC1. The third-order valence-corrected chi connectivity index (χ3v) is 4.84. The minimum atomic E-state index is -1.18. The van der Waals surface area contributed by atoms with Gasteiger partial charge in [0.2, 0.25) is 0 Å². The number of aliphatic carboxylic acids is 1. The number of carbonyl (C=O) groups excluding carboxylic acids is 1. The lowest BCUT2D eigenvalue weighted by Gasteiger charge is -2.36. The van der Waals surface area contributed by atoms with E-state index in [0.717, 1.165) is 12.8 Å². The van der Waals surface area contributed by atoms with Crippen molar-refractivity contribution in [3.8, 4) is 0 Å². The average molecular weight is 298 g/mol. The number of hydrogen-bond donors (Lipinski definition) is 3. The largest absolute Gasteiger partial charge is 0.480 e. The molecule has 2 amide bonds. The van der Waals surface area contributed by atoms with Gasteiger partial charge in [-0.15, -0.1) is 0 Å². The van der Waals surface area contributed by atoms with Crippen LogP contribution < -0.4 is 10.6 Å². The van der Waals surface area contributed by atoms with Gasteiger partial charge in [-0.1, -0.05) is 26.2 Å². The first kappa shape index (κ1) is 16.1. The van der Waals surface area contributed by atoms with E-state index in [1.54, 1.807) is 0 Å². The summed E-state index contributed by atoms with van der Waals surface area (Å²) < 4.78 is 5.19. The van der Waals surface area contributed by atoms with Gasteiger partial charge in [-0.05, 0) is 18.3 Å². The molecule has 0 aromatic rings. The molecule has 2 rings (SSSR count). The zero-order valence-corrected chi connectivity index (χ0v) is 12.7. The number of carbonyl (C=O) groups is 2. The Morgan fingerprint density at radius 1 is 1.10 bits per heavy atom. The highest BCUT2D eigenvalue weighted by atomic mass is 16.5. The highest BCUT2D eigenvalue weighted by Gasteiger charge is 2.41. The maximum atomic E-state index is 12.1. The van der Waals surface area contributed by atoms with E-state index in [4.69, 9.17) is 4.74 Å². The normalized spacial score (nSPS) is 24.0. The van der Waals surface area contributed by atoms with Gasteiger partial charge in [0.15, 0.2) is 0 Å². The summed E-state index contributed by atoms with van der Waals surface area (Å²) in [4.78, 5) is 23.6. The molecular weight excluding hydrogens is 272 g/mol. The van der Waals surface area contributed by atoms with Gasteiger partial charge in [-0.25, -0.2) is 9.59 Å². The summed E-state index contributed by atoms with van der Waals surface area (Å²) in [5.41, 5.74) is -1.04. The van der Waals surface area contributed by atoms with Crippen molar-refractivity contribution in [1.29, 1.82) is 0 Å². The number of hydrogen-bond acceptors (Lipinski definition) is 3. The molecule has 1 saturated heterocycles. The third-order valence-electron chi connectivity index (χ3n) is 4.84. The first-order valence-corrected chi connectivity index (χ1v) is 7.83. The zero-order chi connectivity index (χ0) is 15.3.